The molecule has 0 heterocycles. The lowest BCUT2D eigenvalue weighted by molar-refractivity contribution is -0.126. The molecule has 0 aromatic carbocycles. The number of amides is 1. The lowest BCUT2D eigenvalue weighted by atomic mass is 9.80. The molecule has 0 saturated heterocycles. The zero-order valence-corrected chi connectivity index (χ0v) is 13.1. The normalized spacial score (nSPS) is 29.4. The van der Waals surface area contributed by atoms with Gasteiger partial charge >= 0.3 is 0 Å². The predicted molar refractivity (Wildman–Crippen MR) is 81.2 cm³/mol. The maximum atomic E-state index is 11.9. The molecule has 4 nitrogen and oxygen atoms in total. The van der Waals surface area contributed by atoms with E-state index in [1.807, 2.05) is 18.7 Å². The highest BCUT2D eigenvalue weighted by molar-refractivity contribution is 7.99. The van der Waals surface area contributed by atoms with E-state index in [0.717, 1.165) is 31.4 Å². The van der Waals surface area contributed by atoms with E-state index in [1.54, 1.807) is 0 Å². The summed E-state index contributed by atoms with van der Waals surface area (Å²) >= 11 is 1.87. The van der Waals surface area contributed by atoms with Crippen LogP contribution in [0.3, 0.4) is 0 Å². The minimum Gasteiger partial charge on any atom is -0.396 e. The van der Waals surface area contributed by atoms with E-state index in [1.165, 1.54) is 0 Å². The molecule has 0 aromatic rings. The van der Waals surface area contributed by atoms with Gasteiger partial charge in [0.25, 0.3) is 0 Å². The van der Waals surface area contributed by atoms with Crippen LogP contribution < -0.4 is 11.1 Å². The Labute approximate surface area is 120 Å². The highest BCUT2D eigenvalue weighted by atomic mass is 32.2. The van der Waals surface area contributed by atoms with Crippen molar-refractivity contribution in [3.63, 3.8) is 0 Å². The summed E-state index contributed by atoms with van der Waals surface area (Å²) in [6.45, 7) is 6.37. The molecular formula is C14H28N2O2S. The summed E-state index contributed by atoms with van der Waals surface area (Å²) < 4.78 is 0. The summed E-state index contributed by atoms with van der Waals surface area (Å²) in [5.41, 5.74) is 5.11. The number of hydrogen-bond acceptors (Lipinski definition) is 4. The summed E-state index contributed by atoms with van der Waals surface area (Å²) in [5, 5.41) is 12.9. The highest BCUT2D eigenvalue weighted by Crippen LogP contribution is 2.36. The van der Waals surface area contributed by atoms with Crippen LogP contribution in [-0.2, 0) is 4.79 Å². The molecule has 1 amide bonds. The average Bonchev–Trinajstić information content (AvgIpc) is 2.35. The fourth-order valence-electron chi connectivity index (χ4n) is 2.70. The number of thioether (sulfide) groups is 1. The molecule has 1 rings (SSSR count). The summed E-state index contributed by atoms with van der Waals surface area (Å²) in [4.78, 5) is 11.9. The second-order valence-corrected chi connectivity index (χ2v) is 7.42. The van der Waals surface area contributed by atoms with Crippen molar-refractivity contribution >= 4 is 17.7 Å². The van der Waals surface area contributed by atoms with Crippen molar-refractivity contribution in [2.24, 2.45) is 11.7 Å². The summed E-state index contributed by atoms with van der Waals surface area (Å²) in [6.07, 6.45) is 3.82. The van der Waals surface area contributed by atoms with E-state index in [9.17, 15) is 4.79 Å². The van der Waals surface area contributed by atoms with Crippen LogP contribution in [0.25, 0.3) is 0 Å². The second-order valence-electron chi connectivity index (χ2n) is 6.08. The SMILES string of the molecule is CC(CO)CSC1CCCC(NC(C)C)(C(N)=O)C1. The van der Waals surface area contributed by atoms with Gasteiger partial charge in [-0.05, 0) is 51.2 Å². The van der Waals surface area contributed by atoms with E-state index in [2.05, 4.69) is 19.2 Å². The summed E-state index contributed by atoms with van der Waals surface area (Å²) in [5.74, 6) is 1.03. The monoisotopic (exact) mass is 288 g/mol. The quantitative estimate of drug-likeness (QED) is 0.664. The van der Waals surface area contributed by atoms with Gasteiger partial charge in [0.05, 0.1) is 5.54 Å². The molecule has 1 aliphatic rings. The predicted octanol–water partition coefficient (Wildman–Crippen LogP) is 1.51. The van der Waals surface area contributed by atoms with Gasteiger partial charge in [-0.15, -0.1) is 0 Å². The topological polar surface area (TPSA) is 75.3 Å². The molecule has 0 aliphatic heterocycles. The smallest absolute Gasteiger partial charge is 0.237 e. The third kappa shape index (κ3) is 4.97. The number of aliphatic hydroxyl groups is 1. The molecule has 4 N–H and O–H groups in total. The number of hydrogen-bond donors (Lipinski definition) is 3. The zero-order valence-electron chi connectivity index (χ0n) is 12.3. The standard InChI is InChI=1S/C14H28N2O2S/c1-10(2)16-14(13(15)18)6-4-5-12(7-14)19-9-11(3)8-17/h10-12,16-17H,4-9H2,1-3H3,(H2,15,18). The highest BCUT2D eigenvalue weighted by Gasteiger charge is 2.41. The fraction of sp³-hybridized carbons (Fsp3) is 0.929. The Morgan fingerprint density at radius 2 is 2.21 bits per heavy atom. The number of nitrogens with two attached hydrogens (primary N) is 1. The maximum absolute atomic E-state index is 11.9. The van der Waals surface area contributed by atoms with Gasteiger partial charge in [-0.3, -0.25) is 4.79 Å². The average molecular weight is 288 g/mol. The van der Waals surface area contributed by atoms with Crippen molar-refractivity contribution in [2.45, 2.75) is 63.3 Å². The third-order valence-electron chi connectivity index (χ3n) is 3.67. The second kappa shape index (κ2) is 7.50. The van der Waals surface area contributed by atoms with Gasteiger partial charge in [-0.2, -0.15) is 11.8 Å². The molecule has 0 radical (unpaired) electrons. The van der Waals surface area contributed by atoms with Crippen molar-refractivity contribution in [3.8, 4) is 0 Å². The van der Waals surface area contributed by atoms with Crippen molar-refractivity contribution < 1.29 is 9.90 Å². The molecule has 0 bridgehead atoms. The van der Waals surface area contributed by atoms with Crippen LogP contribution in [0.2, 0.25) is 0 Å². The molecule has 1 fully saturated rings. The minimum absolute atomic E-state index is 0.221. The van der Waals surface area contributed by atoms with Crippen LogP contribution in [0, 0.1) is 5.92 Å². The zero-order chi connectivity index (χ0) is 14.5. The number of carbonyl (C=O) groups excluding carboxylic acids is 1. The molecule has 3 atom stereocenters. The minimum atomic E-state index is -0.535. The van der Waals surface area contributed by atoms with Crippen molar-refractivity contribution in [1.82, 2.24) is 5.32 Å². The fourth-order valence-corrected chi connectivity index (χ4v) is 4.14. The Morgan fingerprint density at radius 3 is 2.74 bits per heavy atom. The van der Waals surface area contributed by atoms with E-state index in [-0.39, 0.29) is 18.6 Å². The van der Waals surface area contributed by atoms with Gasteiger partial charge in [-0.25, -0.2) is 0 Å². The van der Waals surface area contributed by atoms with Gasteiger partial charge in [0.2, 0.25) is 5.91 Å². The molecular weight excluding hydrogens is 260 g/mol. The van der Waals surface area contributed by atoms with Crippen LogP contribution in [0.4, 0.5) is 0 Å². The molecule has 19 heavy (non-hydrogen) atoms. The van der Waals surface area contributed by atoms with E-state index >= 15 is 0 Å². The van der Waals surface area contributed by atoms with Crippen LogP contribution in [-0.4, -0.2) is 40.2 Å². The van der Waals surface area contributed by atoms with Crippen LogP contribution in [0.5, 0.6) is 0 Å². The largest absolute Gasteiger partial charge is 0.396 e. The first-order chi connectivity index (χ1) is 8.89. The molecule has 3 unspecified atom stereocenters. The Kier molecular flexibility index (Phi) is 6.63. The third-order valence-corrected chi connectivity index (χ3v) is 5.31. The Bertz CT molecular complexity index is 299. The molecule has 0 spiro atoms. The van der Waals surface area contributed by atoms with E-state index < -0.39 is 5.54 Å². The molecule has 1 saturated carbocycles. The molecule has 112 valence electrons. The number of primary amides is 1. The first kappa shape index (κ1) is 16.8. The van der Waals surface area contributed by atoms with Crippen molar-refractivity contribution in [2.75, 3.05) is 12.4 Å². The van der Waals surface area contributed by atoms with Crippen molar-refractivity contribution in [3.05, 3.63) is 0 Å². The van der Waals surface area contributed by atoms with Gasteiger partial charge in [0, 0.05) is 17.9 Å². The summed E-state index contributed by atoms with van der Waals surface area (Å²) in [6, 6.07) is 0.257. The van der Waals surface area contributed by atoms with Gasteiger partial charge in [0.15, 0.2) is 0 Å². The maximum Gasteiger partial charge on any atom is 0.237 e. The lowest BCUT2D eigenvalue weighted by Crippen LogP contribution is -2.60. The van der Waals surface area contributed by atoms with Gasteiger partial charge < -0.3 is 16.2 Å². The number of rotatable bonds is 7. The Balaban J connectivity index is 2.61. The molecule has 5 heteroatoms. The van der Waals surface area contributed by atoms with Crippen LogP contribution in [0.15, 0.2) is 0 Å². The van der Waals surface area contributed by atoms with Crippen LogP contribution >= 0.6 is 11.8 Å². The first-order valence-corrected chi connectivity index (χ1v) is 8.24. The Morgan fingerprint density at radius 1 is 1.53 bits per heavy atom. The Hall–Kier alpha value is -0.260. The van der Waals surface area contributed by atoms with Crippen molar-refractivity contribution in [1.29, 1.82) is 0 Å². The lowest BCUT2D eigenvalue weighted by Gasteiger charge is -2.40. The van der Waals surface area contributed by atoms with Gasteiger partial charge in [0.1, 0.15) is 0 Å². The van der Waals surface area contributed by atoms with Crippen LogP contribution in [0.1, 0.15) is 46.5 Å². The van der Waals surface area contributed by atoms with Gasteiger partial charge in [-0.1, -0.05) is 6.92 Å². The number of carbonyl (C=O) groups is 1. The number of aliphatic hydroxyl groups excluding tert-OH is 1. The number of nitrogens with one attached hydrogen (secondary N) is 1. The first-order valence-electron chi connectivity index (χ1n) is 7.19. The molecule has 1 aliphatic carbocycles. The van der Waals surface area contributed by atoms with E-state index in [4.69, 9.17) is 10.8 Å². The van der Waals surface area contributed by atoms with E-state index in [0.29, 0.717) is 11.2 Å². The summed E-state index contributed by atoms with van der Waals surface area (Å²) in [7, 11) is 0. The molecule has 0 aromatic heterocycles.